The monoisotopic (exact) mass is 247 g/mol. The summed E-state index contributed by atoms with van der Waals surface area (Å²) in [5.74, 6) is 0. The van der Waals surface area contributed by atoms with Crippen molar-refractivity contribution in [2.45, 2.75) is 30.8 Å². The van der Waals surface area contributed by atoms with Crippen molar-refractivity contribution in [2.24, 2.45) is 7.05 Å². The van der Waals surface area contributed by atoms with Gasteiger partial charge in [-0.2, -0.15) is 5.10 Å². The smallest absolute Gasteiger partial charge is 0.243 e. The molecule has 0 fully saturated rings. The van der Waals surface area contributed by atoms with E-state index in [1.54, 1.807) is 20.9 Å². The van der Waals surface area contributed by atoms with Crippen LogP contribution in [0.3, 0.4) is 0 Å². The highest BCUT2D eigenvalue weighted by atomic mass is 32.2. The van der Waals surface area contributed by atoms with Crippen molar-refractivity contribution in [3.63, 3.8) is 0 Å². The van der Waals surface area contributed by atoms with Gasteiger partial charge in [-0.1, -0.05) is 6.92 Å². The van der Waals surface area contributed by atoms with Gasteiger partial charge < -0.3 is 5.11 Å². The van der Waals surface area contributed by atoms with Crippen molar-refractivity contribution in [2.75, 3.05) is 6.54 Å². The van der Waals surface area contributed by atoms with Crippen LogP contribution in [0.15, 0.2) is 17.3 Å². The summed E-state index contributed by atoms with van der Waals surface area (Å²) in [6.07, 6.45) is 3.15. The summed E-state index contributed by atoms with van der Waals surface area (Å²) in [4.78, 5) is 0.0990. The highest BCUT2D eigenvalue weighted by Crippen LogP contribution is 2.10. The van der Waals surface area contributed by atoms with Gasteiger partial charge in [0.2, 0.25) is 10.0 Å². The second-order valence-corrected chi connectivity index (χ2v) is 5.79. The van der Waals surface area contributed by atoms with Crippen LogP contribution in [0.4, 0.5) is 0 Å². The van der Waals surface area contributed by atoms with Gasteiger partial charge >= 0.3 is 0 Å². The molecule has 16 heavy (non-hydrogen) atoms. The third-order valence-electron chi connectivity index (χ3n) is 2.40. The predicted octanol–water partition coefficient (Wildman–Crippen LogP) is -0.141. The van der Waals surface area contributed by atoms with E-state index in [4.69, 9.17) is 0 Å². The molecule has 1 aromatic heterocycles. The average molecular weight is 247 g/mol. The molecule has 0 bridgehead atoms. The first-order valence-electron chi connectivity index (χ1n) is 4.97. The maximum Gasteiger partial charge on any atom is 0.243 e. The molecule has 0 aromatic carbocycles. The molecule has 0 aliphatic carbocycles. The Morgan fingerprint density at radius 2 is 2.25 bits per heavy atom. The van der Waals surface area contributed by atoms with Gasteiger partial charge in [0, 0.05) is 19.8 Å². The Hall–Kier alpha value is -0.920. The van der Waals surface area contributed by atoms with Crippen molar-refractivity contribution in [3.8, 4) is 0 Å². The molecule has 0 spiro atoms. The zero-order valence-corrected chi connectivity index (χ0v) is 10.5. The van der Waals surface area contributed by atoms with Crippen LogP contribution in [0.25, 0.3) is 0 Å². The molecule has 1 unspecified atom stereocenters. The highest BCUT2D eigenvalue weighted by Gasteiger charge is 2.23. The SMILES string of the molecule is CCC(C)(O)CNS(=O)(=O)c1cnn(C)c1. The van der Waals surface area contributed by atoms with Crippen LogP contribution in [-0.2, 0) is 17.1 Å². The van der Waals surface area contributed by atoms with Crippen LogP contribution < -0.4 is 4.72 Å². The van der Waals surface area contributed by atoms with Crippen molar-refractivity contribution in [3.05, 3.63) is 12.4 Å². The Bertz CT molecular complexity index is 450. The number of aromatic nitrogens is 2. The van der Waals surface area contributed by atoms with Crippen LogP contribution in [0.1, 0.15) is 20.3 Å². The van der Waals surface area contributed by atoms with E-state index in [-0.39, 0.29) is 11.4 Å². The molecule has 6 nitrogen and oxygen atoms in total. The standard InChI is InChI=1S/C9H17N3O3S/c1-4-9(2,13)7-11-16(14,15)8-5-10-12(3)6-8/h5-6,11,13H,4,7H2,1-3H3. The van der Waals surface area contributed by atoms with Gasteiger partial charge in [-0.25, -0.2) is 13.1 Å². The molecule has 1 atom stereocenters. The Morgan fingerprint density at radius 3 is 2.69 bits per heavy atom. The van der Waals surface area contributed by atoms with Gasteiger partial charge in [-0.05, 0) is 13.3 Å². The summed E-state index contributed by atoms with van der Waals surface area (Å²) in [6.45, 7) is 3.36. The third-order valence-corrected chi connectivity index (χ3v) is 3.75. The Morgan fingerprint density at radius 1 is 1.62 bits per heavy atom. The fourth-order valence-electron chi connectivity index (χ4n) is 0.996. The lowest BCUT2D eigenvalue weighted by Gasteiger charge is -2.21. The lowest BCUT2D eigenvalue weighted by atomic mass is 10.1. The van der Waals surface area contributed by atoms with E-state index in [1.165, 1.54) is 17.1 Å². The molecule has 2 N–H and O–H groups in total. The third kappa shape index (κ3) is 3.29. The van der Waals surface area contributed by atoms with Crippen molar-refractivity contribution in [1.29, 1.82) is 0 Å². The van der Waals surface area contributed by atoms with Crippen LogP contribution >= 0.6 is 0 Å². The van der Waals surface area contributed by atoms with E-state index in [1.807, 2.05) is 0 Å². The van der Waals surface area contributed by atoms with Crippen molar-refractivity contribution in [1.82, 2.24) is 14.5 Å². The second-order valence-electron chi connectivity index (χ2n) is 4.02. The van der Waals surface area contributed by atoms with Crippen molar-refractivity contribution >= 4 is 10.0 Å². The molecular formula is C9H17N3O3S. The largest absolute Gasteiger partial charge is 0.389 e. The number of hydrogen-bond donors (Lipinski definition) is 2. The number of hydrogen-bond acceptors (Lipinski definition) is 4. The molecule has 1 rings (SSSR count). The molecule has 0 saturated carbocycles. The summed E-state index contributed by atoms with van der Waals surface area (Å²) in [6, 6.07) is 0. The van der Waals surface area contributed by atoms with E-state index in [9.17, 15) is 13.5 Å². The molecule has 0 saturated heterocycles. The summed E-state index contributed by atoms with van der Waals surface area (Å²) >= 11 is 0. The maximum atomic E-state index is 11.7. The van der Waals surface area contributed by atoms with E-state index < -0.39 is 15.6 Å². The molecule has 1 aromatic rings. The maximum absolute atomic E-state index is 11.7. The topological polar surface area (TPSA) is 84.2 Å². The summed E-state index contributed by atoms with van der Waals surface area (Å²) in [5, 5.41) is 13.5. The Kier molecular flexibility index (Phi) is 3.72. The van der Waals surface area contributed by atoms with Gasteiger partial charge in [-0.15, -0.1) is 0 Å². The Labute approximate surface area is 95.3 Å². The van der Waals surface area contributed by atoms with Crippen LogP contribution in [0.2, 0.25) is 0 Å². The minimum atomic E-state index is -3.58. The summed E-state index contributed by atoms with van der Waals surface area (Å²) < 4.78 is 27.2. The minimum Gasteiger partial charge on any atom is -0.389 e. The first-order chi connectivity index (χ1) is 7.27. The van der Waals surface area contributed by atoms with E-state index in [2.05, 4.69) is 9.82 Å². The average Bonchev–Trinajstić information content (AvgIpc) is 2.63. The zero-order valence-electron chi connectivity index (χ0n) is 9.64. The zero-order chi connectivity index (χ0) is 12.4. The number of nitrogens with one attached hydrogen (secondary N) is 1. The van der Waals surface area contributed by atoms with Gasteiger partial charge in [0.1, 0.15) is 4.90 Å². The molecule has 92 valence electrons. The second kappa shape index (κ2) is 4.52. The molecule has 7 heteroatoms. The van der Waals surface area contributed by atoms with E-state index in [0.29, 0.717) is 6.42 Å². The first kappa shape index (κ1) is 13.1. The Balaban J connectivity index is 2.74. The number of rotatable bonds is 5. The molecule has 1 heterocycles. The normalized spacial score (nSPS) is 16.0. The van der Waals surface area contributed by atoms with Crippen molar-refractivity contribution < 1.29 is 13.5 Å². The fraction of sp³-hybridized carbons (Fsp3) is 0.667. The van der Waals surface area contributed by atoms with E-state index >= 15 is 0 Å². The first-order valence-corrected chi connectivity index (χ1v) is 6.46. The van der Waals surface area contributed by atoms with Gasteiger partial charge in [-0.3, -0.25) is 4.68 Å². The molecule has 0 radical (unpaired) electrons. The number of aliphatic hydroxyl groups is 1. The van der Waals surface area contributed by atoms with Crippen LogP contribution in [0.5, 0.6) is 0 Å². The summed E-state index contributed by atoms with van der Waals surface area (Å²) in [5.41, 5.74) is -1.03. The number of aryl methyl sites for hydroxylation is 1. The quantitative estimate of drug-likeness (QED) is 0.758. The summed E-state index contributed by atoms with van der Waals surface area (Å²) in [7, 11) is -1.94. The fourth-order valence-corrected chi connectivity index (χ4v) is 2.14. The number of sulfonamides is 1. The molecule has 0 aliphatic rings. The van der Waals surface area contributed by atoms with Gasteiger partial charge in [0.15, 0.2) is 0 Å². The lowest BCUT2D eigenvalue weighted by Crippen LogP contribution is -2.39. The number of nitrogens with zero attached hydrogens (tertiary/aromatic N) is 2. The molecular weight excluding hydrogens is 230 g/mol. The highest BCUT2D eigenvalue weighted by molar-refractivity contribution is 7.89. The van der Waals surface area contributed by atoms with Crippen LogP contribution in [-0.4, -0.2) is 35.5 Å². The van der Waals surface area contributed by atoms with Crippen LogP contribution in [0, 0.1) is 0 Å². The predicted molar refractivity (Wildman–Crippen MR) is 59.3 cm³/mol. The van der Waals surface area contributed by atoms with E-state index in [0.717, 1.165) is 0 Å². The minimum absolute atomic E-state index is 0.0132. The lowest BCUT2D eigenvalue weighted by molar-refractivity contribution is 0.0613. The molecule has 0 aliphatic heterocycles. The van der Waals surface area contributed by atoms with Gasteiger partial charge in [0.25, 0.3) is 0 Å². The van der Waals surface area contributed by atoms with Gasteiger partial charge in [0.05, 0.1) is 11.8 Å². The molecule has 0 amide bonds.